The third kappa shape index (κ3) is 2.66. The highest BCUT2D eigenvalue weighted by Gasteiger charge is 2.23. The van der Waals surface area contributed by atoms with Gasteiger partial charge in [0.25, 0.3) is 0 Å². The van der Waals surface area contributed by atoms with E-state index in [-0.39, 0.29) is 17.1 Å². The maximum atomic E-state index is 13.2. The Morgan fingerprint density at radius 3 is 2.79 bits per heavy atom. The molecule has 1 aromatic carbocycles. The second-order valence-corrected chi connectivity index (χ2v) is 4.27. The van der Waals surface area contributed by atoms with Crippen LogP contribution < -0.4 is 4.74 Å². The van der Waals surface area contributed by atoms with E-state index in [9.17, 15) is 9.50 Å². The van der Waals surface area contributed by atoms with Gasteiger partial charge >= 0.3 is 0 Å². The van der Waals surface area contributed by atoms with Gasteiger partial charge in [-0.15, -0.1) is 0 Å². The van der Waals surface area contributed by atoms with Gasteiger partial charge in [-0.2, -0.15) is 10.5 Å². The Kier molecular flexibility index (Phi) is 3.68. The van der Waals surface area contributed by atoms with Gasteiger partial charge in [0.2, 0.25) is 0 Å². The van der Waals surface area contributed by atoms with Crippen LogP contribution >= 0.6 is 0 Å². The molecule has 0 bridgehead atoms. The number of ether oxygens (including phenoxy) is 1. The van der Waals surface area contributed by atoms with E-state index < -0.39 is 5.92 Å². The normalized spacial score (nSPS) is 17.1. The lowest BCUT2D eigenvalue weighted by Crippen LogP contribution is -2.10. The van der Waals surface area contributed by atoms with Crippen molar-refractivity contribution in [2.45, 2.75) is 12.8 Å². The molecule has 1 unspecified atom stereocenters. The molecular weight excluding hydrogens is 247 g/mol. The number of nitrogens with zero attached hydrogens (tertiary/aromatic N) is 2. The minimum atomic E-state index is -0.405. The van der Waals surface area contributed by atoms with Crippen LogP contribution in [0.2, 0.25) is 0 Å². The van der Waals surface area contributed by atoms with Crippen LogP contribution in [0.5, 0.6) is 5.75 Å². The zero-order valence-corrected chi connectivity index (χ0v) is 10.1. The van der Waals surface area contributed by atoms with Crippen LogP contribution in [0.4, 0.5) is 4.39 Å². The molecule has 5 heteroatoms. The van der Waals surface area contributed by atoms with E-state index in [0.717, 1.165) is 0 Å². The zero-order valence-electron chi connectivity index (χ0n) is 10.1. The SMILES string of the molecule is N#CC(C#N)=C(O)C1CCOc2ccc(F)cc2C1. The van der Waals surface area contributed by atoms with Crippen LogP contribution in [0.1, 0.15) is 12.0 Å². The van der Waals surface area contributed by atoms with E-state index in [1.165, 1.54) is 12.1 Å². The topological polar surface area (TPSA) is 77.0 Å². The highest BCUT2D eigenvalue weighted by Crippen LogP contribution is 2.31. The molecule has 0 radical (unpaired) electrons. The molecule has 0 saturated carbocycles. The Balaban J connectivity index is 2.35. The Labute approximate surface area is 110 Å². The average molecular weight is 258 g/mol. The Morgan fingerprint density at radius 2 is 2.11 bits per heavy atom. The molecule has 0 aromatic heterocycles. The number of aliphatic hydroxyl groups is 1. The van der Waals surface area contributed by atoms with Gasteiger partial charge in [-0.25, -0.2) is 4.39 Å². The summed E-state index contributed by atoms with van der Waals surface area (Å²) in [5.41, 5.74) is 0.328. The fraction of sp³-hybridized carbons (Fsp3) is 0.286. The predicted molar refractivity (Wildman–Crippen MR) is 64.6 cm³/mol. The molecule has 19 heavy (non-hydrogen) atoms. The van der Waals surface area contributed by atoms with E-state index in [2.05, 4.69) is 0 Å². The Bertz CT molecular complexity index is 595. The molecule has 0 fully saturated rings. The van der Waals surface area contributed by atoms with Crippen LogP contribution in [0, 0.1) is 34.4 Å². The summed E-state index contributed by atoms with van der Waals surface area (Å²) >= 11 is 0. The molecule has 0 spiro atoms. The summed E-state index contributed by atoms with van der Waals surface area (Å²) < 4.78 is 18.7. The van der Waals surface area contributed by atoms with Crippen LogP contribution in [-0.2, 0) is 6.42 Å². The van der Waals surface area contributed by atoms with Crippen molar-refractivity contribution >= 4 is 0 Å². The quantitative estimate of drug-likeness (QED) is 0.620. The molecule has 1 atom stereocenters. The molecule has 96 valence electrons. The van der Waals surface area contributed by atoms with E-state index in [1.54, 1.807) is 18.2 Å². The number of hydrogen-bond donors (Lipinski definition) is 1. The number of nitriles is 2. The number of fused-ring (bicyclic) bond motifs is 1. The summed E-state index contributed by atoms with van der Waals surface area (Å²) in [4.78, 5) is 0. The van der Waals surface area contributed by atoms with Crippen molar-refractivity contribution in [3.63, 3.8) is 0 Å². The fourth-order valence-corrected chi connectivity index (χ4v) is 2.10. The van der Waals surface area contributed by atoms with Gasteiger partial charge in [0.05, 0.1) is 6.61 Å². The van der Waals surface area contributed by atoms with Crippen LogP contribution in [0.15, 0.2) is 29.5 Å². The summed E-state index contributed by atoms with van der Waals surface area (Å²) in [6.45, 7) is 0.345. The number of aliphatic hydroxyl groups excluding tert-OH is 1. The Morgan fingerprint density at radius 1 is 1.37 bits per heavy atom. The molecule has 2 rings (SSSR count). The molecule has 1 heterocycles. The third-order valence-corrected chi connectivity index (χ3v) is 3.08. The fourth-order valence-electron chi connectivity index (χ4n) is 2.10. The molecule has 4 nitrogen and oxygen atoms in total. The van der Waals surface area contributed by atoms with Crippen molar-refractivity contribution in [3.8, 4) is 17.9 Å². The highest BCUT2D eigenvalue weighted by molar-refractivity contribution is 5.40. The second kappa shape index (κ2) is 5.41. The van der Waals surface area contributed by atoms with Gasteiger partial charge in [0, 0.05) is 5.92 Å². The number of halogens is 1. The molecule has 1 N–H and O–H groups in total. The number of hydrogen-bond acceptors (Lipinski definition) is 4. The molecular formula is C14H11FN2O2. The van der Waals surface area contributed by atoms with Crippen LogP contribution in [0.3, 0.4) is 0 Å². The Hall–Kier alpha value is -2.53. The second-order valence-electron chi connectivity index (χ2n) is 4.27. The lowest BCUT2D eigenvalue weighted by molar-refractivity contribution is 0.267. The van der Waals surface area contributed by atoms with Gasteiger partial charge in [0.1, 0.15) is 29.5 Å². The van der Waals surface area contributed by atoms with E-state index in [1.807, 2.05) is 0 Å². The summed E-state index contributed by atoms with van der Waals surface area (Å²) in [6, 6.07) is 7.52. The first-order chi connectivity index (χ1) is 9.15. The molecule has 0 amide bonds. The largest absolute Gasteiger partial charge is 0.510 e. The molecule has 1 aromatic rings. The highest BCUT2D eigenvalue weighted by atomic mass is 19.1. The zero-order chi connectivity index (χ0) is 13.8. The van der Waals surface area contributed by atoms with Crippen LogP contribution in [0.25, 0.3) is 0 Å². The maximum Gasteiger partial charge on any atom is 0.167 e. The van der Waals surface area contributed by atoms with Crippen molar-refractivity contribution in [3.05, 3.63) is 40.9 Å². The monoisotopic (exact) mass is 258 g/mol. The summed E-state index contributed by atoms with van der Waals surface area (Å²) in [6.07, 6.45) is 0.806. The van der Waals surface area contributed by atoms with E-state index >= 15 is 0 Å². The van der Waals surface area contributed by atoms with Crippen molar-refractivity contribution in [2.24, 2.45) is 5.92 Å². The van der Waals surface area contributed by atoms with Crippen molar-refractivity contribution in [1.82, 2.24) is 0 Å². The standard InChI is InChI=1S/C14H11FN2O2/c15-12-1-2-13-10(6-12)5-9(3-4-19-13)14(18)11(7-16)8-17/h1-2,6,9,18H,3-5H2. The van der Waals surface area contributed by atoms with Crippen molar-refractivity contribution in [1.29, 1.82) is 10.5 Å². The average Bonchev–Trinajstić information content (AvgIpc) is 2.61. The van der Waals surface area contributed by atoms with Crippen molar-refractivity contribution in [2.75, 3.05) is 6.61 Å². The maximum absolute atomic E-state index is 13.2. The van der Waals surface area contributed by atoms with E-state index in [4.69, 9.17) is 15.3 Å². The lowest BCUT2D eigenvalue weighted by atomic mass is 9.93. The number of benzene rings is 1. The van der Waals surface area contributed by atoms with Gasteiger partial charge in [-0.3, -0.25) is 0 Å². The molecule has 1 aliphatic rings. The van der Waals surface area contributed by atoms with Gasteiger partial charge < -0.3 is 9.84 Å². The smallest absolute Gasteiger partial charge is 0.167 e. The molecule has 0 saturated heterocycles. The van der Waals surface area contributed by atoms with Crippen LogP contribution in [-0.4, -0.2) is 11.7 Å². The van der Waals surface area contributed by atoms with Gasteiger partial charge in [-0.1, -0.05) is 0 Å². The number of rotatable bonds is 1. The number of allylic oxidation sites excluding steroid dienone is 2. The van der Waals surface area contributed by atoms with E-state index in [0.29, 0.717) is 30.8 Å². The first-order valence-electron chi connectivity index (χ1n) is 5.80. The summed E-state index contributed by atoms with van der Waals surface area (Å²) in [7, 11) is 0. The minimum Gasteiger partial charge on any atom is -0.510 e. The van der Waals surface area contributed by atoms with Crippen molar-refractivity contribution < 1.29 is 14.2 Å². The molecule has 0 aliphatic carbocycles. The summed E-state index contributed by atoms with van der Waals surface area (Å²) in [5.74, 6) is -0.456. The first kappa shape index (κ1) is 12.9. The lowest BCUT2D eigenvalue weighted by Gasteiger charge is -2.12. The minimum absolute atomic E-state index is 0.245. The predicted octanol–water partition coefficient (Wildman–Crippen LogP) is 2.63. The first-order valence-corrected chi connectivity index (χ1v) is 5.80. The summed E-state index contributed by atoms with van der Waals surface area (Å²) in [5, 5.41) is 27.4. The van der Waals surface area contributed by atoms with Gasteiger partial charge in [-0.05, 0) is 36.6 Å². The third-order valence-electron chi connectivity index (χ3n) is 3.08. The molecule has 1 aliphatic heterocycles. The van der Waals surface area contributed by atoms with Gasteiger partial charge in [0.15, 0.2) is 5.57 Å².